The Labute approximate surface area is 173 Å². The van der Waals surface area contributed by atoms with Crippen LogP contribution in [0.15, 0.2) is 48.7 Å². The number of hydrogen-bond donors (Lipinski definition) is 1. The Morgan fingerprint density at radius 2 is 1.77 bits per heavy atom. The van der Waals surface area contributed by atoms with Crippen LogP contribution in [-0.4, -0.2) is 21.0 Å². The highest BCUT2D eigenvalue weighted by atomic mass is 32.1. The van der Waals surface area contributed by atoms with Gasteiger partial charge in [0.2, 0.25) is 0 Å². The third-order valence-electron chi connectivity index (χ3n) is 4.59. The van der Waals surface area contributed by atoms with Crippen molar-refractivity contribution < 1.29 is 23.1 Å². The number of fused-ring (bicyclic) bond motifs is 1. The second-order valence-corrected chi connectivity index (χ2v) is 7.88. The molecule has 0 spiro atoms. The second-order valence-electron chi connectivity index (χ2n) is 6.80. The molecule has 2 aromatic carbocycles. The van der Waals surface area contributed by atoms with Crippen molar-refractivity contribution in [2.24, 2.45) is 0 Å². The lowest BCUT2D eigenvalue weighted by Crippen LogP contribution is -2.06. The summed E-state index contributed by atoms with van der Waals surface area (Å²) in [5, 5.41) is 9.46. The third-order valence-corrected chi connectivity index (χ3v) is 5.65. The lowest BCUT2D eigenvalue weighted by molar-refractivity contribution is -0.136. The Kier molecular flexibility index (Phi) is 5.50. The number of carboxylic acid groups (broad SMARTS) is 1. The van der Waals surface area contributed by atoms with Gasteiger partial charge in [0.15, 0.2) is 11.6 Å². The minimum absolute atomic E-state index is 0.0526. The first-order valence-electron chi connectivity index (χ1n) is 9.06. The van der Waals surface area contributed by atoms with E-state index in [1.807, 2.05) is 30.3 Å². The number of nitrogens with zero attached hydrogens (tertiary/aromatic N) is 2. The summed E-state index contributed by atoms with van der Waals surface area (Å²) in [6.07, 6.45) is 2.02. The Morgan fingerprint density at radius 3 is 2.50 bits per heavy atom. The molecule has 0 radical (unpaired) electrons. The molecule has 0 saturated heterocycles. The van der Waals surface area contributed by atoms with Gasteiger partial charge in [-0.15, -0.1) is 11.3 Å². The van der Waals surface area contributed by atoms with E-state index in [1.165, 1.54) is 6.20 Å². The van der Waals surface area contributed by atoms with Crippen LogP contribution in [0.25, 0.3) is 10.2 Å². The molecule has 152 valence electrons. The third kappa shape index (κ3) is 4.18. The van der Waals surface area contributed by atoms with Gasteiger partial charge in [-0.2, -0.15) is 0 Å². The Hall–Kier alpha value is -3.26. The number of halogens is 3. The van der Waals surface area contributed by atoms with Gasteiger partial charge in [-0.25, -0.2) is 18.2 Å². The number of benzene rings is 2. The number of pyridine rings is 1. The highest BCUT2D eigenvalue weighted by Gasteiger charge is 2.19. The molecule has 0 unspecified atom stereocenters. The smallest absolute Gasteiger partial charge is 0.307 e. The normalized spacial score (nSPS) is 11.2. The van der Waals surface area contributed by atoms with E-state index in [0.717, 1.165) is 16.9 Å². The summed E-state index contributed by atoms with van der Waals surface area (Å²) in [6.45, 7) is 0. The monoisotopic (exact) mass is 428 g/mol. The first kappa shape index (κ1) is 20.0. The van der Waals surface area contributed by atoms with Crippen molar-refractivity contribution in [3.63, 3.8) is 0 Å². The molecule has 0 aliphatic carbocycles. The van der Waals surface area contributed by atoms with Crippen LogP contribution in [0, 0.1) is 17.5 Å². The summed E-state index contributed by atoms with van der Waals surface area (Å²) in [5.74, 6) is -4.32. The summed E-state index contributed by atoms with van der Waals surface area (Å²) < 4.78 is 41.5. The highest BCUT2D eigenvalue weighted by Crippen LogP contribution is 2.30. The van der Waals surface area contributed by atoms with Crippen LogP contribution in [0.3, 0.4) is 0 Å². The van der Waals surface area contributed by atoms with E-state index < -0.39 is 23.4 Å². The molecule has 4 rings (SSSR count). The van der Waals surface area contributed by atoms with Crippen LogP contribution in [-0.2, 0) is 24.1 Å². The number of carboxylic acids is 1. The van der Waals surface area contributed by atoms with Crippen molar-refractivity contribution in [2.75, 3.05) is 0 Å². The maximum atomic E-state index is 14.0. The average molecular weight is 428 g/mol. The summed E-state index contributed by atoms with van der Waals surface area (Å²) in [6, 6.07) is 11.8. The van der Waals surface area contributed by atoms with Crippen LogP contribution in [0.1, 0.15) is 27.4 Å². The highest BCUT2D eigenvalue weighted by molar-refractivity contribution is 7.18. The molecule has 30 heavy (non-hydrogen) atoms. The molecule has 0 amide bonds. The molecule has 0 saturated carbocycles. The predicted octanol–water partition coefficient (Wildman–Crippen LogP) is 4.92. The zero-order chi connectivity index (χ0) is 21.3. The first-order valence-corrected chi connectivity index (χ1v) is 9.87. The molecule has 2 heterocycles. The van der Waals surface area contributed by atoms with E-state index in [4.69, 9.17) is 5.11 Å². The Morgan fingerprint density at radius 1 is 1.00 bits per heavy atom. The average Bonchev–Trinajstić information content (AvgIpc) is 3.13. The van der Waals surface area contributed by atoms with Crippen molar-refractivity contribution in [1.29, 1.82) is 0 Å². The van der Waals surface area contributed by atoms with Crippen molar-refractivity contribution in [3.05, 3.63) is 93.5 Å². The number of thiazole rings is 1. The zero-order valence-electron chi connectivity index (χ0n) is 15.5. The molecule has 4 aromatic rings. The van der Waals surface area contributed by atoms with Gasteiger partial charge >= 0.3 is 5.97 Å². The fraction of sp³-hybridized carbons (Fsp3) is 0.136. The Bertz CT molecular complexity index is 1240. The Balaban J connectivity index is 1.74. The SMILES string of the molecule is O=C(O)Cc1cnc(Cc2ccccc2)c(Cc2nc3c(F)c(F)cc(F)c3s2)c1. The fourth-order valence-electron chi connectivity index (χ4n) is 3.23. The molecule has 0 aliphatic heterocycles. The summed E-state index contributed by atoms with van der Waals surface area (Å²) in [7, 11) is 0. The molecule has 0 bridgehead atoms. The summed E-state index contributed by atoms with van der Waals surface area (Å²) >= 11 is 0.939. The van der Waals surface area contributed by atoms with Crippen molar-refractivity contribution in [1.82, 2.24) is 9.97 Å². The van der Waals surface area contributed by atoms with Gasteiger partial charge in [0, 0.05) is 30.8 Å². The van der Waals surface area contributed by atoms with Crippen LogP contribution in [0.4, 0.5) is 13.2 Å². The lowest BCUT2D eigenvalue weighted by Gasteiger charge is -2.10. The molecular formula is C22H15F3N2O2S. The molecule has 2 aromatic heterocycles. The predicted molar refractivity (Wildman–Crippen MR) is 107 cm³/mol. The summed E-state index contributed by atoms with van der Waals surface area (Å²) in [4.78, 5) is 19.6. The summed E-state index contributed by atoms with van der Waals surface area (Å²) in [5.41, 5.74) is 2.60. The molecule has 1 N–H and O–H groups in total. The van der Waals surface area contributed by atoms with Gasteiger partial charge in [0.25, 0.3) is 0 Å². The van der Waals surface area contributed by atoms with Crippen molar-refractivity contribution in [2.45, 2.75) is 19.3 Å². The van der Waals surface area contributed by atoms with E-state index in [1.54, 1.807) is 6.07 Å². The maximum Gasteiger partial charge on any atom is 0.307 e. The number of aliphatic carboxylic acids is 1. The van der Waals surface area contributed by atoms with Gasteiger partial charge in [0.05, 0.1) is 16.1 Å². The van der Waals surface area contributed by atoms with Gasteiger partial charge in [-0.1, -0.05) is 36.4 Å². The van der Waals surface area contributed by atoms with Gasteiger partial charge in [-0.3, -0.25) is 9.78 Å². The van der Waals surface area contributed by atoms with Gasteiger partial charge in [0.1, 0.15) is 11.3 Å². The molecule has 0 atom stereocenters. The molecule has 8 heteroatoms. The van der Waals surface area contributed by atoms with Crippen LogP contribution < -0.4 is 0 Å². The molecule has 0 fully saturated rings. The second kappa shape index (κ2) is 8.23. The minimum Gasteiger partial charge on any atom is -0.481 e. The maximum absolute atomic E-state index is 14.0. The van der Waals surface area contributed by atoms with E-state index in [2.05, 4.69) is 9.97 Å². The lowest BCUT2D eigenvalue weighted by atomic mass is 10.0. The van der Waals surface area contributed by atoms with E-state index in [0.29, 0.717) is 34.3 Å². The van der Waals surface area contributed by atoms with Crippen LogP contribution in [0.5, 0.6) is 0 Å². The van der Waals surface area contributed by atoms with Crippen LogP contribution in [0.2, 0.25) is 0 Å². The number of carbonyl (C=O) groups is 1. The minimum atomic E-state index is -1.29. The van der Waals surface area contributed by atoms with Gasteiger partial charge in [-0.05, 0) is 16.7 Å². The topological polar surface area (TPSA) is 63.1 Å². The molecule has 0 aliphatic rings. The van der Waals surface area contributed by atoms with Crippen molar-refractivity contribution >= 4 is 27.5 Å². The number of hydrogen-bond acceptors (Lipinski definition) is 4. The van der Waals surface area contributed by atoms with Crippen LogP contribution >= 0.6 is 11.3 Å². The van der Waals surface area contributed by atoms with E-state index >= 15 is 0 Å². The fourth-order valence-corrected chi connectivity index (χ4v) is 4.22. The van der Waals surface area contributed by atoms with E-state index in [9.17, 15) is 18.0 Å². The number of aromatic nitrogens is 2. The van der Waals surface area contributed by atoms with Gasteiger partial charge < -0.3 is 5.11 Å². The molecular weight excluding hydrogens is 413 g/mol. The largest absolute Gasteiger partial charge is 0.481 e. The zero-order valence-corrected chi connectivity index (χ0v) is 16.3. The quantitative estimate of drug-likeness (QED) is 0.443. The number of rotatable bonds is 6. The first-order chi connectivity index (χ1) is 14.4. The molecule has 4 nitrogen and oxygen atoms in total. The van der Waals surface area contributed by atoms with Crippen molar-refractivity contribution in [3.8, 4) is 0 Å². The van der Waals surface area contributed by atoms with E-state index in [-0.39, 0.29) is 23.1 Å². The standard InChI is InChI=1S/C22H15F3N2O2S/c23-15-10-16(24)22-21(20(15)25)27-18(30-22)9-14-6-13(8-19(28)29)11-26-17(14)7-12-4-2-1-3-5-12/h1-6,10-11H,7-9H2,(H,28,29).